The maximum Gasteiger partial charge on any atom is 0.346 e. The van der Waals surface area contributed by atoms with Gasteiger partial charge in [-0.1, -0.05) is 31.5 Å². The summed E-state index contributed by atoms with van der Waals surface area (Å²) in [5, 5.41) is 0. The third-order valence-corrected chi connectivity index (χ3v) is 4.66. The van der Waals surface area contributed by atoms with Crippen LogP contribution in [0.2, 0.25) is 0 Å². The molecule has 0 saturated heterocycles. The van der Waals surface area contributed by atoms with Crippen LogP contribution in [0.3, 0.4) is 0 Å². The molecule has 0 aliphatic heterocycles. The lowest BCUT2D eigenvalue weighted by Gasteiger charge is -2.10. The van der Waals surface area contributed by atoms with E-state index in [-0.39, 0.29) is 17.2 Å². The Hall–Kier alpha value is -3.75. The molecule has 0 atom stereocenters. The van der Waals surface area contributed by atoms with Gasteiger partial charge < -0.3 is 9.47 Å². The van der Waals surface area contributed by atoms with Crippen molar-refractivity contribution in [3.63, 3.8) is 0 Å². The number of carbonyl (C=O) groups excluding carboxylic acids is 1. The highest BCUT2D eigenvalue weighted by Gasteiger charge is 2.19. The third-order valence-electron chi connectivity index (χ3n) is 4.66. The maximum atomic E-state index is 14.6. The van der Waals surface area contributed by atoms with Gasteiger partial charge in [0, 0.05) is 23.8 Å². The van der Waals surface area contributed by atoms with E-state index in [2.05, 4.69) is 4.74 Å². The van der Waals surface area contributed by atoms with Crippen molar-refractivity contribution in [2.24, 2.45) is 0 Å². The van der Waals surface area contributed by atoms with Crippen molar-refractivity contribution >= 4 is 5.97 Å². The summed E-state index contributed by atoms with van der Waals surface area (Å²) in [5.74, 6) is -7.09. The molecule has 0 unspecified atom stereocenters. The average molecular weight is 480 g/mol. The van der Waals surface area contributed by atoms with E-state index < -0.39 is 52.7 Å². The Morgan fingerprint density at radius 3 is 2.21 bits per heavy atom. The third kappa shape index (κ3) is 5.98. The molecule has 0 radical (unpaired) electrons. The minimum atomic E-state index is -2.88. The number of hydrogen-bond acceptors (Lipinski definition) is 3. The average Bonchev–Trinajstić information content (AvgIpc) is 2.75. The van der Waals surface area contributed by atoms with E-state index in [1.807, 2.05) is 6.92 Å². The predicted octanol–water partition coefficient (Wildman–Crippen LogP) is 7.24. The molecular weight excluding hydrogens is 462 g/mol. The Bertz CT molecular complexity index is 1200. The lowest BCUT2D eigenvalue weighted by Crippen LogP contribution is -2.11. The monoisotopic (exact) mass is 480 g/mol. The summed E-state index contributed by atoms with van der Waals surface area (Å²) in [6.45, 7) is 1.96. The van der Waals surface area contributed by atoms with Crippen molar-refractivity contribution in [3.05, 3.63) is 95.3 Å². The summed E-state index contributed by atoms with van der Waals surface area (Å²) in [4.78, 5) is 12.3. The van der Waals surface area contributed by atoms with Crippen molar-refractivity contribution in [1.29, 1.82) is 0 Å². The van der Waals surface area contributed by atoms with Gasteiger partial charge in [0.1, 0.15) is 17.4 Å². The van der Waals surface area contributed by atoms with Gasteiger partial charge in [0.15, 0.2) is 17.4 Å². The van der Waals surface area contributed by atoms with Crippen LogP contribution >= 0.6 is 0 Å². The van der Waals surface area contributed by atoms with Gasteiger partial charge in [-0.25, -0.2) is 31.1 Å². The van der Waals surface area contributed by atoms with Crippen LogP contribution in [0.25, 0.3) is 11.1 Å². The van der Waals surface area contributed by atoms with Crippen LogP contribution in [-0.2, 0) is 6.42 Å². The van der Waals surface area contributed by atoms with Gasteiger partial charge in [0.05, 0.1) is 11.8 Å². The first kappa shape index (κ1) is 24.9. The molecule has 9 heteroatoms. The number of hydrogen-bond donors (Lipinski definition) is 0. The molecule has 3 rings (SSSR count). The molecule has 0 heterocycles. The Labute approximate surface area is 191 Å². The summed E-state index contributed by atoms with van der Waals surface area (Å²) in [5.41, 5.74) is 0.572. The van der Waals surface area contributed by atoms with Gasteiger partial charge in [0.2, 0.25) is 0 Å². The molecular formula is C25H18F6O3. The number of carbonyl (C=O) groups is 1. The SMILES string of the molecule is CCCc1ccc(-c2ccc(C(=O)Oc3cc(F)c(OC=CC(F)F)c(F)c3)c(F)c2)c(F)c1. The number of benzene rings is 3. The van der Waals surface area contributed by atoms with E-state index in [4.69, 9.17) is 4.74 Å². The van der Waals surface area contributed by atoms with Gasteiger partial charge in [-0.15, -0.1) is 0 Å². The molecule has 0 amide bonds. The van der Waals surface area contributed by atoms with E-state index in [9.17, 15) is 31.1 Å². The fourth-order valence-electron chi connectivity index (χ4n) is 3.12. The summed E-state index contributed by atoms with van der Waals surface area (Å²) in [6.07, 6.45) is -0.676. The van der Waals surface area contributed by atoms with Crippen LogP contribution in [0, 0.1) is 23.3 Å². The molecule has 0 fully saturated rings. The fourth-order valence-corrected chi connectivity index (χ4v) is 3.12. The highest BCUT2D eigenvalue weighted by Crippen LogP contribution is 2.29. The van der Waals surface area contributed by atoms with Crippen LogP contribution in [0.5, 0.6) is 11.5 Å². The quantitative estimate of drug-likeness (QED) is 0.148. The zero-order valence-corrected chi connectivity index (χ0v) is 17.8. The number of halogens is 6. The highest BCUT2D eigenvalue weighted by molar-refractivity contribution is 5.92. The van der Waals surface area contributed by atoms with E-state index in [1.165, 1.54) is 18.2 Å². The fraction of sp³-hybridized carbons (Fsp3) is 0.160. The zero-order chi connectivity index (χ0) is 24.8. The van der Waals surface area contributed by atoms with Gasteiger partial charge in [-0.05, 0) is 35.7 Å². The Morgan fingerprint density at radius 2 is 1.62 bits per heavy atom. The van der Waals surface area contributed by atoms with E-state index in [0.717, 1.165) is 24.1 Å². The lowest BCUT2D eigenvalue weighted by atomic mass is 10.00. The van der Waals surface area contributed by atoms with Gasteiger partial charge in [-0.3, -0.25) is 0 Å². The van der Waals surface area contributed by atoms with Crippen molar-refractivity contribution in [1.82, 2.24) is 0 Å². The van der Waals surface area contributed by atoms with Crippen LogP contribution in [-0.4, -0.2) is 12.4 Å². The number of ether oxygens (including phenoxy) is 2. The Balaban J connectivity index is 1.78. The van der Waals surface area contributed by atoms with Gasteiger partial charge in [0.25, 0.3) is 6.43 Å². The van der Waals surface area contributed by atoms with Gasteiger partial charge >= 0.3 is 5.97 Å². The van der Waals surface area contributed by atoms with Crippen molar-refractivity contribution in [3.8, 4) is 22.6 Å². The smallest absolute Gasteiger partial charge is 0.346 e. The number of allylic oxidation sites excluding steroid dienone is 1. The number of alkyl halides is 2. The molecule has 0 bridgehead atoms. The topological polar surface area (TPSA) is 35.5 Å². The van der Waals surface area contributed by atoms with Crippen molar-refractivity contribution in [2.45, 2.75) is 26.2 Å². The molecule has 178 valence electrons. The van der Waals surface area contributed by atoms with Crippen LogP contribution < -0.4 is 9.47 Å². The van der Waals surface area contributed by atoms with Crippen molar-refractivity contribution < 1.29 is 40.6 Å². The minimum Gasteiger partial charge on any atom is -0.459 e. The van der Waals surface area contributed by atoms with Crippen LogP contribution in [0.4, 0.5) is 26.3 Å². The Kier molecular flexibility index (Phi) is 7.99. The first-order chi connectivity index (χ1) is 16.2. The van der Waals surface area contributed by atoms with Gasteiger partial charge in [-0.2, -0.15) is 0 Å². The summed E-state index contributed by atoms with van der Waals surface area (Å²) >= 11 is 0. The molecule has 3 aromatic rings. The largest absolute Gasteiger partial charge is 0.459 e. The lowest BCUT2D eigenvalue weighted by molar-refractivity contribution is 0.0728. The molecule has 0 saturated carbocycles. The van der Waals surface area contributed by atoms with Crippen LogP contribution in [0.15, 0.2) is 60.9 Å². The molecule has 0 aliphatic carbocycles. The minimum absolute atomic E-state index is 0.138. The van der Waals surface area contributed by atoms with E-state index in [1.54, 1.807) is 6.07 Å². The van der Waals surface area contributed by atoms with E-state index >= 15 is 0 Å². The molecule has 3 aromatic carbocycles. The highest BCUT2D eigenvalue weighted by atomic mass is 19.3. The van der Waals surface area contributed by atoms with E-state index in [0.29, 0.717) is 24.8 Å². The second kappa shape index (κ2) is 10.9. The molecule has 0 N–H and O–H groups in total. The Morgan fingerprint density at radius 1 is 0.912 bits per heavy atom. The number of aryl methyl sites for hydroxylation is 1. The molecule has 34 heavy (non-hydrogen) atoms. The molecule has 0 spiro atoms. The number of rotatable bonds is 8. The zero-order valence-electron chi connectivity index (χ0n) is 17.8. The number of esters is 1. The van der Waals surface area contributed by atoms with Crippen molar-refractivity contribution in [2.75, 3.05) is 0 Å². The summed E-state index contributed by atoms with van der Waals surface area (Å²) < 4.78 is 90.5. The predicted molar refractivity (Wildman–Crippen MR) is 113 cm³/mol. The molecule has 3 nitrogen and oxygen atoms in total. The van der Waals surface area contributed by atoms with Crippen LogP contribution in [0.1, 0.15) is 29.3 Å². The molecule has 0 aromatic heterocycles. The second-order valence-corrected chi connectivity index (χ2v) is 7.15. The normalized spacial score (nSPS) is 11.3. The summed E-state index contributed by atoms with van der Waals surface area (Å²) in [7, 11) is 0. The second-order valence-electron chi connectivity index (χ2n) is 7.15. The summed E-state index contributed by atoms with van der Waals surface area (Å²) in [6, 6.07) is 9.07. The standard InChI is InChI=1S/C25H18F6O3/c1-2-3-14-4-6-17(19(26)10-14)15-5-7-18(20(27)11-15)25(32)34-16-12-21(28)24(22(29)13-16)33-9-8-23(30)31/h4-13,23H,2-3H2,1H3. The first-order valence-electron chi connectivity index (χ1n) is 10.1. The maximum absolute atomic E-state index is 14.6. The first-order valence-corrected chi connectivity index (χ1v) is 10.1. The molecule has 0 aliphatic rings.